The largest absolute Gasteiger partial charge is 0.335 e. The Kier molecular flexibility index (Phi) is 3.02. The van der Waals surface area contributed by atoms with Gasteiger partial charge in [-0.15, -0.1) is 0 Å². The second-order valence-electron chi connectivity index (χ2n) is 4.09. The van der Waals surface area contributed by atoms with Crippen LogP contribution in [0.1, 0.15) is 26.2 Å². The summed E-state index contributed by atoms with van der Waals surface area (Å²) in [5, 5.41) is 0.663. The zero-order valence-corrected chi connectivity index (χ0v) is 9.43. The maximum Gasteiger partial charge on any atom is 0.241 e. The third kappa shape index (κ3) is 1.65. The Labute approximate surface area is 89.4 Å². The van der Waals surface area contributed by atoms with Crippen molar-refractivity contribution in [3.8, 4) is 0 Å². The van der Waals surface area contributed by atoms with E-state index in [1.165, 1.54) is 19.3 Å². The molecule has 0 bridgehead atoms. The van der Waals surface area contributed by atoms with Crippen LogP contribution < -0.4 is 5.73 Å². The smallest absolute Gasteiger partial charge is 0.241 e. The van der Waals surface area contributed by atoms with E-state index in [0.29, 0.717) is 11.3 Å². The number of amides is 1. The molecule has 2 aliphatic rings. The van der Waals surface area contributed by atoms with Crippen LogP contribution in [0.15, 0.2) is 0 Å². The highest BCUT2D eigenvalue weighted by atomic mass is 32.2. The Bertz CT molecular complexity index is 234. The van der Waals surface area contributed by atoms with Gasteiger partial charge in [0.2, 0.25) is 5.91 Å². The molecule has 0 spiro atoms. The van der Waals surface area contributed by atoms with E-state index in [1.54, 1.807) is 0 Å². The van der Waals surface area contributed by atoms with E-state index >= 15 is 0 Å². The molecule has 3 unspecified atom stereocenters. The van der Waals surface area contributed by atoms with Crippen LogP contribution in [0.3, 0.4) is 0 Å². The van der Waals surface area contributed by atoms with Gasteiger partial charge in [-0.1, -0.05) is 13.3 Å². The first-order valence-corrected chi connectivity index (χ1v) is 6.46. The lowest BCUT2D eigenvalue weighted by atomic mass is 10.0. The molecule has 2 rings (SSSR count). The molecule has 0 aromatic heterocycles. The van der Waals surface area contributed by atoms with Crippen LogP contribution in [0.2, 0.25) is 0 Å². The number of hydrogen-bond acceptors (Lipinski definition) is 3. The van der Waals surface area contributed by atoms with Gasteiger partial charge in [-0.25, -0.2) is 0 Å². The molecule has 3 atom stereocenters. The predicted octanol–water partition coefficient (Wildman–Crippen LogP) is 0.830. The Morgan fingerprint density at radius 3 is 2.93 bits per heavy atom. The second kappa shape index (κ2) is 4.11. The molecule has 2 N–H and O–H groups in total. The van der Waals surface area contributed by atoms with Crippen molar-refractivity contribution in [1.82, 2.24) is 4.90 Å². The van der Waals surface area contributed by atoms with Crippen LogP contribution in [0.5, 0.6) is 0 Å². The first kappa shape index (κ1) is 10.3. The third-order valence-corrected chi connectivity index (χ3v) is 4.50. The summed E-state index contributed by atoms with van der Waals surface area (Å²) in [6.45, 7) is 2.97. The van der Waals surface area contributed by atoms with Gasteiger partial charge in [-0.05, 0) is 18.6 Å². The van der Waals surface area contributed by atoms with E-state index < -0.39 is 0 Å². The molecule has 0 aromatic rings. The van der Waals surface area contributed by atoms with Gasteiger partial charge in [0.05, 0.1) is 0 Å². The van der Waals surface area contributed by atoms with Gasteiger partial charge in [-0.2, -0.15) is 11.8 Å². The fourth-order valence-electron chi connectivity index (χ4n) is 2.45. The number of nitrogens with zero attached hydrogens (tertiary/aromatic N) is 1. The average molecular weight is 214 g/mol. The SMILES string of the molecule is CCSC1CCCC1N1CC(N)C1=O. The van der Waals surface area contributed by atoms with Crippen molar-refractivity contribution in [2.45, 2.75) is 43.5 Å². The van der Waals surface area contributed by atoms with Gasteiger partial charge in [-0.3, -0.25) is 4.79 Å². The van der Waals surface area contributed by atoms with E-state index in [1.807, 2.05) is 16.7 Å². The lowest BCUT2D eigenvalue weighted by molar-refractivity contribution is -0.145. The molecule has 1 aliphatic carbocycles. The normalized spacial score (nSPS) is 37.4. The molecule has 14 heavy (non-hydrogen) atoms. The number of carbonyl (C=O) groups is 1. The number of likely N-dealkylation sites (tertiary alicyclic amines) is 1. The van der Waals surface area contributed by atoms with Crippen LogP contribution in [-0.4, -0.2) is 40.4 Å². The lowest BCUT2D eigenvalue weighted by Crippen LogP contribution is -2.65. The molecule has 1 heterocycles. The number of β-lactam (4-membered cyclic amide) rings is 1. The molecule has 1 aliphatic heterocycles. The summed E-state index contributed by atoms with van der Waals surface area (Å²) in [4.78, 5) is 13.5. The lowest BCUT2D eigenvalue weighted by Gasteiger charge is -2.42. The summed E-state index contributed by atoms with van der Waals surface area (Å²) in [5.41, 5.74) is 5.60. The third-order valence-electron chi connectivity index (χ3n) is 3.19. The summed E-state index contributed by atoms with van der Waals surface area (Å²) in [6.07, 6.45) is 3.71. The van der Waals surface area contributed by atoms with Crippen LogP contribution in [0.25, 0.3) is 0 Å². The van der Waals surface area contributed by atoms with Crippen LogP contribution >= 0.6 is 11.8 Å². The standard InChI is InChI=1S/C10H18N2OS/c1-2-14-9-5-3-4-8(9)12-6-7(11)10(12)13/h7-9H,2-6,11H2,1H3. The van der Waals surface area contributed by atoms with Crippen molar-refractivity contribution in [2.75, 3.05) is 12.3 Å². The van der Waals surface area contributed by atoms with Crippen molar-refractivity contribution < 1.29 is 4.79 Å². The Morgan fingerprint density at radius 1 is 1.57 bits per heavy atom. The van der Waals surface area contributed by atoms with Crippen molar-refractivity contribution in [3.05, 3.63) is 0 Å². The maximum atomic E-state index is 11.5. The molecule has 2 fully saturated rings. The summed E-state index contributed by atoms with van der Waals surface area (Å²) < 4.78 is 0. The Morgan fingerprint density at radius 2 is 2.36 bits per heavy atom. The van der Waals surface area contributed by atoms with E-state index in [2.05, 4.69) is 6.92 Å². The van der Waals surface area contributed by atoms with Crippen LogP contribution in [0.4, 0.5) is 0 Å². The molecule has 0 radical (unpaired) electrons. The minimum Gasteiger partial charge on any atom is -0.335 e. The molecule has 3 nitrogen and oxygen atoms in total. The van der Waals surface area contributed by atoms with Crippen molar-refractivity contribution in [3.63, 3.8) is 0 Å². The number of hydrogen-bond donors (Lipinski definition) is 1. The monoisotopic (exact) mass is 214 g/mol. The highest BCUT2D eigenvalue weighted by Gasteiger charge is 2.43. The zero-order chi connectivity index (χ0) is 10.1. The average Bonchev–Trinajstić information content (AvgIpc) is 2.62. The van der Waals surface area contributed by atoms with E-state index in [0.717, 1.165) is 12.3 Å². The molecule has 1 saturated heterocycles. The van der Waals surface area contributed by atoms with E-state index in [4.69, 9.17) is 5.73 Å². The van der Waals surface area contributed by atoms with Crippen molar-refractivity contribution >= 4 is 17.7 Å². The number of rotatable bonds is 3. The molecule has 80 valence electrons. The molecule has 1 saturated carbocycles. The first-order chi connectivity index (χ1) is 6.74. The number of thioether (sulfide) groups is 1. The van der Waals surface area contributed by atoms with Crippen molar-refractivity contribution in [2.24, 2.45) is 5.73 Å². The van der Waals surface area contributed by atoms with Gasteiger partial charge >= 0.3 is 0 Å². The van der Waals surface area contributed by atoms with E-state index in [-0.39, 0.29) is 11.9 Å². The highest BCUT2D eigenvalue weighted by Crippen LogP contribution is 2.35. The topological polar surface area (TPSA) is 46.3 Å². The fraction of sp³-hybridized carbons (Fsp3) is 0.900. The molecule has 1 amide bonds. The summed E-state index contributed by atoms with van der Waals surface area (Å²) in [6, 6.07) is 0.273. The molecular formula is C10H18N2OS. The zero-order valence-electron chi connectivity index (χ0n) is 8.61. The van der Waals surface area contributed by atoms with Gasteiger partial charge in [0.1, 0.15) is 6.04 Å². The number of carbonyl (C=O) groups excluding carboxylic acids is 1. The minimum atomic E-state index is -0.206. The summed E-state index contributed by atoms with van der Waals surface area (Å²) in [7, 11) is 0. The van der Waals surface area contributed by atoms with Crippen LogP contribution in [-0.2, 0) is 4.79 Å². The molecule has 0 aromatic carbocycles. The first-order valence-electron chi connectivity index (χ1n) is 5.41. The maximum absolute atomic E-state index is 11.5. The number of nitrogens with two attached hydrogens (primary N) is 1. The van der Waals surface area contributed by atoms with Crippen LogP contribution in [0, 0.1) is 0 Å². The van der Waals surface area contributed by atoms with E-state index in [9.17, 15) is 4.79 Å². The minimum absolute atomic E-state index is 0.165. The molecular weight excluding hydrogens is 196 g/mol. The van der Waals surface area contributed by atoms with Gasteiger partial charge in [0.25, 0.3) is 0 Å². The molecule has 4 heteroatoms. The van der Waals surface area contributed by atoms with Crippen molar-refractivity contribution in [1.29, 1.82) is 0 Å². The highest BCUT2D eigenvalue weighted by molar-refractivity contribution is 7.99. The Balaban J connectivity index is 1.93. The van der Waals surface area contributed by atoms with Gasteiger partial charge in [0.15, 0.2) is 0 Å². The fourth-order valence-corrected chi connectivity index (χ4v) is 3.72. The summed E-state index contributed by atoms with van der Waals surface area (Å²) in [5.74, 6) is 1.31. The van der Waals surface area contributed by atoms with Gasteiger partial charge < -0.3 is 10.6 Å². The summed E-state index contributed by atoms with van der Waals surface area (Å²) >= 11 is 1.99. The second-order valence-corrected chi connectivity index (χ2v) is 5.61. The Hall–Kier alpha value is -0.220. The van der Waals surface area contributed by atoms with Gasteiger partial charge in [0, 0.05) is 17.8 Å². The quantitative estimate of drug-likeness (QED) is 0.708. The predicted molar refractivity (Wildman–Crippen MR) is 59.2 cm³/mol.